The molecule has 2 aliphatic carbocycles. The van der Waals surface area contributed by atoms with Crippen molar-refractivity contribution in [1.82, 2.24) is 15.1 Å². The van der Waals surface area contributed by atoms with E-state index in [1.165, 1.54) is 24.8 Å². The normalized spacial score (nSPS) is 24.6. The van der Waals surface area contributed by atoms with Crippen molar-refractivity contribution in [3.63, 3.8) is 0 Å². The van der Waals surface area contributed by atoms with Crippen LogP contribution in [0.1, 0.15) is 67.2 Å². The summed E-state index contributed by atoms with van der Waals surface area (Å²) in [5.41, 5.74) is 6.01. The predicted molar refractivity (Wildman–Crippen MR) is 146 cm³/mol. The smallest absolute Gasteiger partial charge is 0.272 e. The highest BCUT2D eigenvalue weighted by molar-refractivity contribution is 9.08. The third-order valence-electron chi connectivity index (χ3n) is 8.52. The minimum absolute atomic E-state index is 0.0860. The van der Waals surface area contributed by atoms with Gasteiger partial charge in [-0.2, -0.15) is 5.10 Å². The second kappa shape index (κ2) is 9.08. The van der Waals surface area contributed by atoms with Gasteiger partial charge in [0.25, 0.3) is 5.91 Å². The first kappa shape index (κ1) is 24.6. The molecule has 1 heterocycles. The number of halogens is 2. The number of fused-ring (bicyclic) bond motifs is 2. The van der Waals surface area contributed by atoms with E-state index in [1.807, 2.05) is 29.8 Å². The lowest BCUT2D eigenvalue weighted by Crippen LogP contribution is -2.52. The Morgan fingerprint density at radius 3 is 2.49 bits per heavy atom. The Morgan fingerprint density at radius 1 is 1.14 bits per heavy atom. The molecular weight excluding hydrogens is 522 g/mol. The number of hydrogen-bond donors (Lipinski definition) is 1. The van der Waals surface area contributed by atoms with Crippen LogP contribution in [0.2, 0.25) is 5.02 Å². The zero-order valence-corrected chi connectivity index (χ0v) is 23.2. The number of nitrogens with one attached hydrogen (secondary N) is 1. The molecule has 184 valence electrons. The van der Waals surface area contributed by atoms with Gasteiger partial charge < -0.3 is 5.32 Å². The molecule has 3 aromatic rings. The SMILES string of the molecule is Cc1cc(-c2cc(C(=O)NC3C4(C)CCC(C4)C3(C)C)nn2Cc2ccc(CBr)cc2)ccc1Cl. The van der Waals surface area contributed by atoms with Crippen LogP contribution in [0.4, 0.5) is 0 Å². The van der Waals surface area contributed by atoms with Crippen LogP contribution in [0, 0.1) is 23.7 Å². The van der Waals surface area contributed by atoms with E-state index in [2.05, 4.69) is 72.3 Å². The van der Waals surface area contributed by atoms with Gasteiger partial charge in [0.15, 0.2) is 5.69 Å². The molecule has 0 radical (unpaired) electrons. The summed E-state index contributed by atoms with van der Waals surface area (Å²) in [5.74, 6) is 0.586. The highest BCUT2D eigenvalue weighted by atomic mass is 79.9. The van der Waals surface area contributed by atoms with Gasteiger partial charge in [-0.3, -0.25) is 9.48 Å². The average molecular weight is 555 g/mol. The minimum atomic E-state index is -0.0860. The summed E-state index contributed by atoms with van der Waals surface area (Å²) in [4.78, 5) is 13.5. The van der Waals surface area contributed by atoms with Gasteiger partial charge in [0.05, 0.1) is 12.2 Å². The van der Waals surface area contributed by atoms with Crippen molar-refractivity contribution >= 4 is 33.4 Å². The fourth-order valence-corrected chi connectivity index (χ4v) is 6.95. The second-order valence-corrected chi connectivity index (χ2v) is 12.3. The maximum atomic E-state index is 13.5. The van der Waals surface area contributed by atoms with Crippen LogP contribution < -0.4 is 5.32 Å². The minimum Gasteiger partial charge on any atom is -0.347 e. The Balaban J connectivity index is 1.48. The van der Waals surface area contributed by atoms with Crippen LogP contribution in [0.25, 0.3) is 11.3 Å². The van der Waals surface area contributed by atoms with E-state index in [4.69, 9.17) is 16.7 Å². The number of amides is 1. The third kappa shape index (κ3) is 4.46. The summed E-state index contributed by atoms with van der Waals surface area (Å²) in [5, 5.41) is 9.78. The fourth-order valence-electron chi connectivity index (χ4n) is 6.46. The van der Waals surface area contributed by atoms with Crippen LogP contribution in [0.3, 0.4) is 0 Å². The zero-order valence-electron chi connectivity index (χ0n) is 20.9. The lowest BCUT2D eigenvalue weighted by atomic mass is 9.68. The molecule has 0 aliphatic heterocycles. The number of aromatic nitrogens is 2. The molecule has 4 nitrogen and oxygen atoms in total. The molecule has 1 amide bonds. The number of carbonyl (C=O) groups excluding carboxylic acids is 1. The maximum absolute atomic E-state index is 13.5. The topological polar surface area (TPSA) is 46.9 Å². The van der Waals surface area contributed by atoms with Crippen molar-refractivity contribution in [2.24, 2.45) is 16.7 Å². The Morgan fingerprint density at radius 2 is 1.86 bits per heavy atom. The van der Waals surface area contributed by atoms with Gasteiger partial charge in [0.1, 0.15) is 0 Å². The summed E-state index contributed by atoms with van der Waals surface area (Å²) in [7, 11) is 0. The standard InChI is InChI=1S/C29H33BrClN3O/c1-18-13-21(9-10-23(18)31)25-14-24(33-34(25)17-20-7-5-19(16-30)6-8-20)26(35)32-27-28(2,3)22-11-12-29(27,4)15-22/h5-10,13-14,22,27H,11-12,15-17H2,1-4H3,(H,32,35). The number of benzene rings is 2. The van der Waals surface area contributed by atoms with Crippen molar-refractivity contribution in [3.8, 4) is 11.3 Å². The molecule has 3 atom stereocenters. The molecule has 1 N–H and O–H groups in total. The van der Waals surface area contributed by atoms with E-state index >= 15 is 0 Å². The summed E-state index contributed by atoms with van der Waals surface area (Å²) < 4.78 is 1.94. The summed E-state index contributed by atoms with van der Waals surface area (Å²) in [6.07, 6.45) is 3.64. The van der Waals surface area contributed by atoms with Gasteiger partial charge in [-0.25, -0.2) is 0 Å². The number of hydrogen-bond acceptors (Lipinski definition) is 2. The van der Waals surface area contributed by atoms with Crippen LogP contribution >= 0.6 is 27.5 Å². The van der Waals surface area contributed by atoms with Crippen LogP contribution in [-0.2, 0) is 11.9 Å². The molecule has 2 aromatic carbocycles. The van der Waals surface area contributed by atoms with E-state index < -0.39 is 0 Å². The summed E-state index contributed by atoms with van der Waals surface area (Å²) >= 11 is 9.81. The number of nitrogens with zero attached hydrogens (tertiary/aromatic N) is 2. The second-order valence-electron chi connectivity index (χ2n) is 11.3. The molecule has 5 rings (SSSR count). The highest BCUT2D eigenvalue weighted by Crippen LogP contribution is 2.62. The first-order valence-electron chi connectivity index (χ1n) is 12.4. The van der Waals surface area contributed by atoms with Gasteiger partial charge in [-0.05, 0) is 77.8 Å². The van der Waals surface area contributed by atoms with E-state index in [0.717, 1.165) is 32.7 Å². The third-order valence-corrected chi connectivity index (χ3v) is 9.59. The molecule has 6 heteroatoms. The summed E-state index contributed by atoms with van der Waals surface area (Å²) in [6.45, 7) is 9.54. The van der Waals surface area contributed by atoms with Crippen molar-refractivity contribution in [2.45, 2.75) is 64.9 Å². The maximum Gasteiger partial charge on any atom is 0.272 e. The molecule has 3 unspecified atom stereocenters. The molecule has 2 fully saturated rings. The van der Waals surface area contributed by atoms with Gasteiger partial charge in [0, 0.05) is 22.0 Å². The van der Waals surface area contributed by atoms with E-state index in [0.29, 0.717) is 18.2 Å². The molecule has 2 saturated carbocycles. The molecule has 0 spiro atoms. The van der Waals surface area contributed by atoms with Gasteiger partial charge >= 0.3 is 0 Å². The van der Waals surface area contributed by atoms with Gasteiger partial charge in [-0.15, -0.1) is 0 Å². The number of aryl methyl sites for hydroxylation is 1. The number of rotatable bonds is 6. The lowest BCUT2D eigenvalue weighted by Gasteiger charge is -2.42. The molecule has 2 bridgehead atoms. The highest BCUT2D eigenvalue weighted by Gasteiger charge is 2.59. The van der Waals surface area contributed by atoms with Crippen molar-refractivity contribution < 1.29 is 4.79 Å². The van der Waals surface area contributed by atoms with E-state index in [9.17, 15) is 4.79 Å². The average Bonchev–Trinajstić information content (AvgIpc) is 3.48. The van der Waals surface area contributed by atoms with Crippen LogP contribution in [-0.4, -0.2) is 21.7 Å². The first-order chi connectivity index (χ1) is 16.6. The molecule has 2 aliphatic rings. The monoisotopic (exact) mass is 553 g/mol. The van der Waals surface area contributed by atoms with Crippen LogP contribution in [0.5, 0.6) is 0 Å². The van der Waals surface area contributed by atoms with Gasteiger partial charge in [-0.1, -0.05) is 78.6 Å². The zero-order chi connectivity index (χ0) is 25.0. The number of alkyl halides is 1. The summed E-state index contributed by atoms with van der Waals surface area (Å²) in [6, 6.07) is 16.5. The first-order valence-corrected chi connectivity index (χ1v) is 13.9. The molecular formula is C29H33BrClN3O. The Kier molecular flexibility index (Phi) is 6.38. The lowest BCUT2D eigenvalue weighted by molar-refractivity contribution is 0.0732. The Bertz CT molecular complexity index is 1260. The van der Waals surface area contributed by atoms with Crippen molar-refractivity contribution in [2.75, 3.05) is 0 Å². The fraction of sp³-hybridized carbons (Fsp3) is 0.448. The van der Waals surface area contributed by atoms with Gasteiger partial charge in [0.2, 0.25) is 0 Å². The van der Waals surface area contributed by atoms with E-state index in [1.54, 1.807) is 0 Å². The van der Waals surface area contributed by atoms with Crippen molar-refractivity contribution in [3.05, 3.63) is 75.9 Å². The van der Waals surface area contributed by atoms with Crippen LogP contribution in [0.15, 0.2) is 48.5 Å². The van der Waals surface area contributed by atoms with Crippen molar-refractivity contribution in [1.29, 1.82) is 0 Å². The number of carbonyl (C=O) groups is 1. The Labute approximate surface area is 221 Å². The Hall–Kier alpha value is -2.11. The largest absolute Gasteiger partial charge is 0.347 e. The molecule has 35 heavy (non-hydrogen) atoms. The molecule has 0 saturated heterocycles. The molecule has 1 aromatic heterocycles. The van der Waals surface area contributed by atoms with E-state index in [-0.39, 0.29) is 22.8 Å². The predicted octanol–water partition coefficient (Wildman–Crippen LogP) is 7.40. The quantitative estimate of drug-likeness (QED) is 0.323.